The summed E-state index contributed by atoms with van der Waals surface area (Å²) < 4.78 is 7.91. The van der Waals surface area contributed by atoms with Crippen LogP contribution in [0.4, 0.5) is 5.69 Å². The maximum absolute atomic E-state index is 13.2. The van der Waals surface area contributed by atoms with Gasteiger partial charge < -0.3 is 19.9 Å². The molecule has 1 aliphatic carbocycles. The molecule has 3 heterocycles. The van der Waals surface area contributed by atoms with E-state index in [1.807, 2.05) is 24.6 Å². The number of rotatable bonds is 5. The van der Waals surface area contributed by atoms with Crippen LogP contribution in [0.15, 0.2) is 23.0 Å². The number of fused-ring (bicyclic) bond motifs is 1. The lowest BCUT2D eigenvalue weighted by Crippen LogP contribution is -2.43. The fraction of sp³-hybridized carbons (Fsp3) is 0.542. The first-order chi connectivity index (χ1) is 15.7. The molecular weight excluding hydrogens is 404 g/mol. The first-order valence-electron chi connectivity index (χ1n) is 11.9. The van der Waals surface area contributed by atoms with E-state index in [9.17, 15) is 4.79 Å². The lowest BCUT2D eigenvalue weighted by atomic mass is 9.95. The average molecular weight is 437 g/mol. The fourth-order valence-electron chi connectivity index (χ4n) is 5.01. The molecule has 2 aromatic heterocycles. The fourth-order valence-corrected chi connectivity index (χ4v) is 5.01. The zero-order chi connectivity index (χ0) is 22.1. The van der Waals surface area contributed by atoms with Gasteiger partial charge in [0.05, 0.1) is 23.9 Å². The van der Waals surface area contributed by atoms with Gasteiger partial charge in [-0.3, -0.25) is 9.48 Å². The monoisotopic (exact) mass is 436 g/mol. The number of aromatic amines is 1. The van der Waals surface area contributed by atoms with Gasteiger partial charge in [-0.15, -0.1) is 0 Å². The van der Waals surface area contributed by atoms with Crippen molar-refractivity contribution in [3.05, 3.63) is 34.2 Å². The molecule has 5 rings (SSSR count). The van der Waals surface area contributed by atoms with Crippen molar-refractivity contribution in [2.75, 3.05) is 37.7 Å². The molecule has 0 unspecified atom stereocenters. The number of ether oxygens (including phenoxy) is 1. The molecule has 8 nitrogen and oxygen atoms in total. The van der Waals surface area contributed by atoms with Crippen LogP contribution in [0, 0.1) is 6.92 Å². The van der Waals surface area contributed by atoms with E-state index in [4.69, 9.17) is 14.8 Å². The summed E-state index contributed by atoms with van der Waals surface area (Å²) >= 11 is 0. The normalized spacial score (nSPS) is 17.8. The Bertz CT molecular complexity index is 1160. The van der Waals surface area contributed by atoms with Crippen molar-refractivity contribution in [3.63, 3.8) is 0 Å². The first kappa shape index (κ1) is 21.0. The SMILES string of the molecule is CCOc1cc(N2CCNCC2)ccc1-c1nc2c(C)nn(C3CCCCC3)c2c(=O)[nH]1. The lowest BCUT2D eigenvalue weighted by molar-refractivity contribution is 0.336. The Morgan fingerprint density at radius 3 is 2.69 bits per heavy atom. The molecule has 0 amide bonds. The van der Waals surface area contributed by atoms with Crippen molar-refractivity contribution in [3.8, 4) is 17.1 Å². The Morgan fingerprint density at radius 1 is 1.16 bits per heavy atom. The summed E-state index contributed by atoms with van der Waals surface area (Å²) in [5.74, 6) is 1.27. The van der Waals surface area contributed by atoms with Crippen LogP contribution in [0.2, 0.25) is 0 Å². The molecule has 1 saturated heterocycles. The first-order valence-corrected chi connectivity index (χ1v) is 11.9. The van der Waals surface area contributed by atoms with Gasteiger partial charge in [-0.25, -0.2) is 4.98 Å². The third kappa shape index (κ3) is 3.88. The highest BCUT2D eigenvalue weighted by Gasteiger charge is 2.23. The Hall–Kier alpha value is -2.87. The summed E-state index contributed by atoms with van der Waals surface area (Å²) in [6.07, 6.45) is 5.77. The molecule has 0 atom stereocenters. The van der Waals surface area contributed by atoms with Crippen molar-refractivity contribution >= 4 is 16.7 Å². The Labute approximate surface area is 188 Å². The topological polar surface area (TPSA) is 88.1 Å². The minimum Gasteiger partial charge on any atom is -0.493 e. The number of hydrogen-bond donors (Lipinski definition) is 2. The second-order valence-electron chi connectivity index (χ2n) is 8.78. The number of aromatic nitrogens is 4. The highest BCUT2D eigenvalue weighted by atomic mass is 16.5. The molecule has 32 heavy (non-hydrogen) atoms. The number of piperazine rings is 1. The number of aryl methyl sites for hydroxylation is 1. The maximum atomic E-state index is 13.2. The molecule has 1 aliphatic heterocycles. The third-order valence-corrected chi connectivity index (χ3v) is 6.65. The van der Waals surface area contributed by atoms with Gasteiger partial charge in [0.2, 0.25) is 0 Å². The largest absolute Gasteiger partial charge is 0.493 e. The summed E-state index contributed by atoms with van der Waals surface area (Å²) in [6.45, 7) is 8.33. The van der Waals surface area contributed by atoms with Gasteiger partial charge >= 0.3 is 0 Å². The van der Waals surface area contributed by atoms with E-state index in [2.05, 4.69) is 27.3 Å². The van der Waals surface area contributed by atoms with Crippen LogP contribution in [0.3, 0.4) is 0 Å². The predicted molar refractivity (Wildman–Crippen MR) is 127 cm³/mol. The molecule has 0 bridgehead atoms. The Balaban J connectivity index is 1.56. The zero-order valence-corrected chi connectivity index (χ0v) is 19.0. The summed E-state index contributed by atoms with van der Waals surface area (Å²) in [6, 6.07) is 6.44. The molecule has 1 aromatic carbocycles. The number of H-pyrrole nitrogens is 1. The second-order valence-corrected chi connectivity index (χ2v) is 8.78. The van der Waals surface area contributed by atoms with Crippen molar-refractivity contribution in [2.45, 2.75) is 52.0 Å². The Kier molecular flexibility index (Phi) is 5.87. The summed E-state index contributed by atoms with van der Waals surface area (Å²) in [4.78, 5) is 23.5. The number of anilines is 1. The minimum absolute atomic E-state index is 0.134. The molecule has 1 saturated carbocycles. The van der Waals surface area contributed by atoms with Gasteiger partial charge in [-0.1, -0.05) is 19.3 Å². The van der Waals surface area contributed by atoms with E-state index in [0.29, 0.717) is 23.5 Å². The van der Waals surface area contributed by atoms with Crippen LogP contribution in [-0.2, 0) is 0 Å². The van der Waals surface area contributed by atoms with Gasteiger partial charge in [0.15, 0.2) is 5.52 Å². The van der Waals surface area contributed by atoms with E-state index in [1.54, 1.807) is 0 Å². The quantitative estimate of drug-likeness (QED) is 0.637. The van der Waals surface area contributed by atoms with Crippen LogP contribution in [0.25, 0.3) is 22.4 Å². The molecule has 0 radical (unpaired) electrons. The maximum Gasteiger partial charge on any atom is 0.277 e. The number of nitrogens with one attached hydrogen (secondary N) is 2. The summed E-state index contributed by atoms with van der Waals surface area (Å²) in [5.41, 5.74) is 3.87. The van der Waals surface area contributed by atoms with Gasteiger partial charge in [-0.05, 0) is 38.8 Å². The van der Waals surface area contributed by atoms with E-state index < -0.39 is 0 Å². The molecule has 2 fully saturated rings. The van der Waals surface area contributed by atoms with Crippen molar-refractivity contribution in [2.24, 2.45) is 0 Å². The van der Waals surface area contributed by atoms with Crippen LogP contribution in [0.1, 0.15) is 50.8 Å². The van der Waals surface area contributed by atoms with Crippen LogP contribution in [-0.4, -0.2) is 52.5 Å². The standard InChI is InChI=1S/C24H32N6O2/c1-3-32-20-15-18(29-13-11-25-12-14-29)9-10-19(20)23-26-21-16(2)28-30(22(21)24(31)27-23)17-7-5-4-6-8-17/h9-10,15,17,25H,3-8,11-14H2,1-2H3,(H,26,27,31). The van der Waals surface area contributed by atoms with Gasteiger partial charge in [0.1, 0.15) is 17.1 Å². The van der Waals surface area contributed by atoms with E-state index in [0.717, 1.165) is 61.7 Å². The van der Waals surface area contributed by atoms with Crippen molar-refractivity contribution in [1.82, 2.24) is 25.1 Å². The van der Waals surface area contributed by atoms with Crippen LogP contribution in [0.5, 0.6) is 5.75 Å². The van der Waals surface area contributed by atoms with E-state index in [1.165, 1.54) is 19.3 Å². The van der Waals surface area contributed by atoms with E-state index >= 15 is 0 Å². The van der Waals surface area contributed by atoms with Crippen LogP contribution < -0.4 is 20.5 Å². The minimum atomic E-state index is -0.134. The highest BCUT2D eigenvalue weighted by molar-refractivity contribution is 5.80. The molecule has 2 N–H and O–H groups in total. The molecule has 170 valence electrons. The number of hydrogen-bond acceptors (Lipinski definition) is 6. The highest BCUT2D eigenvalue weighted by Crippen LogP contribution is 2.34. The van der Waals surface area contributed by atoms with Gasteiger partial charge in [0.25, 0.3) is 5.56 Å². The number of nitrogens with zero attached hydrogens (tertiary/aromatic N) is 4. The van der Waals surface area contributed by atoms with Gasteiger partial charge in [0, 0.05) is 37.9 Å². The molecule has 3 aromatic rings. The average Bonchev–Trinajstić information content (AvgIpc) is 3.17. The van der Waals surface area contributed by atoms with Crippen molar-refractivity contribution in [1.29, 1.82) is 0 Å². The molecule has 8 heteroatoms. The van der Waals surface area contributed by atoms with Gasteiger partial charge in [-0.2, -0.15) is 5.10 Å². The molecular formula is C24H32N6O2. The summed E-state index contributed by atoms with van der Waals surface area (Å²) in [5, 5.41) is 8.12. The van der Waals surface area contributed by atoms with Crippen molar-refractivity contribution < 1.29 is 4.74 Å². The zero-order valence-electron chi connectivity index (χ0n) is 19.0. The molecule has 0 spiro atoms. The number of benzene rings is 1. The Morgan fingerprint density at radius 2 is 1.94 bits per heavy atom. The lowest BCUT2D eigenvalue weighted by Gasteiger charge is -2.30. The predicted octanol–water partition coefficient (Wildman–Crippen LogP) is 3.41. The second kappa shape index (κ2) is 8.94. The smallest absolute Gasteiger partial charge is 0.277 e. The summed E-state index contributed by atoms with van der Waals surface area (Å²) in [7, 11) is 0. The van der Waals surface area contributed by atoms with E-state index in [-0.39, 0.29) is 11.6 Å². The third-order valence-electron chi connectivity index (χ3n) is 6.65. The molecule has 2 aliphatic rings. The van der Waals surface area contributed by atoms with Crippen LogP contribution >= 0.6 is 0 Å².